The van der Waals surface area contributed by atoms with Crippen LogP contribution in [0.1, 0.15) is 29.9 Å². The summed E-state index contributed by atoms with van der Waals surface area (Å²) in [5, 5.41) is 15.0. The number of amides is 1. The molecule has 0 aliphatic carbocycles. The van der Waals surface area contributed by atoms with Crippen LogP contribution in [-0.4, -0.2) is 35.7 Å². The number of carbonyl (C=O) groups is 2. The summed E-state index contributed by atoms with van der Waals surface area (Å²) in [6, 6.07) is 14.3. The number of ether oxygens (including phenoxy) is 2. The molecule has 32 heavy (non-hydrogen) atoms. The van der Waals surface area contributed by atoms with Crippen molar-refractivity contribution in [3.63, 3.8) is 0 Å². The first-order chi connectivity index (χ1) is 15.5. The number of benzene rings is 2. The largest absolute Gasteiger partial charge is 0.507 e. The first-order valence-corrected chi connectivity index (χ1v) is 10.1. The van der Waals surface area contributed by atoms with Crippen LogP contribution in [-0.2, 0) is 9.59 Å². The zero-order valence-electron chi connectivity index (χ0n) is 17.9. The molecule has 4 rings (SSSR count). The van der Waals surface area contributed by atoms with E-state index >= 15 is 0 Å². The highest BCUT2D eigenvalue weighted by atomic mass is 16.5. The van der Waals surface area contributed by atoms with Gasteiger partial charge >= 0.3 is 5.91 Å². The first-order valence-electron chi connectivity index (χ1n) is 10.1. The third-order valence-electron chi connectivity index (χ3n) is 5.16. The lowest BCUT2D eigenvalue weighted by Crippen LogP contribution is -2.29. The third kappa shape index (κ3) is 3.60. The topological polar surface area (TPSA) is 102 Å². The number of anilines is 1. The van der Waals surface area contributed by atoms with Crippen molar-refractivity contribution in [3.05, 3.63) is 77.1 Å². The number of ketones is 1. The second kappa shape index (κ2) is 8.58. The number of aryl methyl sites for hydroxylation is 1. The number of carbonyl (C=O) groups excluding carboxylic acids is 2. The predicted octanol–water partition coefficient (Wildman–Crippen LogP) is 4.02. The van der Waals surface area contributed by atoms with Crippen molar-refractivity contribution in [3.8, 4) is 11.5 Å². The highest BCUT2D eigenvalue weighted by molar-refractivity contribution is 6.51. The number of methoxy groups -OCH3 is 1. The smallest absolute Gasteiger partial charge is 0.301 e. The number of aliphatic hydroxyl groups is 1. The molecular weight excluding hydrogens is 412 g/mol. The summed E-state index contributed by atoms with van der Waals surface area (Å²) in [6.07, 6.45) is 0. The number of nitrogens with zero attached hydrogens (tertiary/aromatic N) is 2. The number of Topliss-reactive ketones (excluding diaryl/α,β-unsaturated/α-hetero) is 1. The van der Waals surface area contributed by atoms with Crippen molar-refractivity contribution in [2.24, 2.45) is 0 Å². The third-order valence-corrected chi connectivity index (χ3v) is 5.16. The van der Waals surface area contributed by atoms with Crippen LogP contribution in [0.3, 0.4) is 0 Å². The number of rotatable bonds is 6. The molecule has 0 bridgehead atoms. The molecule has 8 heteroatoms. The van der Waals surface area contributed by atoms with Crippen molar-refractivity contribution in [1.29, 1.82) is 0 Å². The van der Waals surface area contributed by atoms with Crippen LogP contribution in [0.2, 0.25) is 0 Å². The van der Waals surface area contributed by atoms with Crippen molar-refractivity contribution in [1.82, 2.24) is 5.16 Å². The fourth-order valence-electron chi connectivity index (χ4n) is 3.73. The Morgan fingerprint density at radius 2 is 1.88 bits per heavy atom. The van der Waals surface area contributed by atoms with Gasteiger partial charge in [0.1, 0.15) is 11.5 Å². The summed E-state index contributed by atoms with van der Waals surface area (Å²) in [4.78, 5) is 27.4. The van der Waals surface area contributed by atoms with Crippen LogP contribution < -0.4 is 14.4 Å². The number of aliphatic hydroxyl groups excluding tert-OH is 1. The molecule has 0 radical (unpaired) electrons. The summed E-state index contributed by atoms with van der Waals surface area (Å²) < 4.78 is 16.2. The lowest BCUT2D eigenvalue weighted by atomic mass is 9.95. The maximum Gasteiger partial charge on any atom is 0.301 e. The average molecular weight is 434 g/mol. The maximum atomic E-state index is 13.1. The molecule has 0 spiro atoms. The molecule has 1 amide bonds. The van der Waals surface area contributed by atoms with Gasteiger partial charge in [-0.25, -0.2) is 0 Å². The summed E-state index contributed by atoms with van der Waals surface area (Å²) in [5.41, 5.74) is 0.917. The SMILES string of the molecule is CCOc1ccc([C@@H]2/C(=C(\O)c3ccccc3)C(=O)C(=O)N2c2cc(C)on2)cc1OC. The minimum atomic E-state index is -0.940. The Bertz CT molecular complexity index is 1200. The predicted molar refractivity (Wildman–Crippen MR) is 117 cm³/mol. The Morgan fingerprint density at radius 3 is 2.50 bits per heavy atom. The van der Waals surface area contributed by atoms with Crippen LogP contribution in [0, 0.1) is 6.92 Å². The van der Waals surface area contributed by atoms with Crippen LogP contribution in [0.4, 0.5) is 5.82 Å². The van der Waals surface area contributed by atoms with E-state index in [0.717, 1.165) is 0 Å². The van der Waals surface area contributed by atoms with Crippen molar-refractivity contribution in [2.75, 3.05) is 18.6 Å². The van der Waals surface area contributed by atoms with Gasteiger partial charge in [-0.3, -0.25) is 14.5 Å². The van der Waals surface area contributed by atoms with E-state index in [9.17, 15) is 14.7 Å². The Morgan fingerprint density at radius 1 is 1.12 bits per heavy atom. The van der Waals surface area contributed by atoms with Crippen LogP contribution in [0.5, 0.6) is 11.5 Å². The minimum absolute atomic E-state index is 0.0481. The van der Waals surface area contributed by atoms with Crippen LogP contribution >= 0.6 is 0 Å². The molecular formula is C24H22N2O6. The van der Waals surface area contributed by atoms with Gasteiger partial charge in [-0.05, 0) is 31.5 Å². The highest BCUT2D eigenvalue weighted by Gasteiger charge is 2.48. The fraction of sp³-hybridized carbons (Fsp3) is 0.208. The average Bonchev–Trinajstić information content (AvgIpc) is 3.35. The van der Waals surface area contributed by atoms with E-state index in [1.165, 1.54) is 12.0 Å². The van der Waals surface area contributed by atoms with E-state index in [-0.39, 0.29) is 17.2 Å². The van der Waals surface area contributed by atoms with E-state index in [2.05, 4.69) is 5.16 Å². The minimum Gasteiger partial charge on any atom is -0.507 e. The zero-order chi connectivity index (χ0) is 22.8. The molecule has 1 atom stereocenters. The van der Waals surface area contributed by atoms with E-state index in [1.807, 2.05) is 6.92 Å². The van der Waals surface area contributed by atoms with Gasteiger partial charge in [-0.1, -0.05) is 41.6 Å². The molecule has 1 aliphatic heterocycles. The Balaban J connectivity index is 1.94. The summed E-state index contributed by atoms with van der Waals surface area (Å²) in [7, 11) is 1.50. The first kappa shape index (κ1) is 21.2. The molecule has 1 saturated heterocycles. The molecule has 1 aromatic heterocycles. The fourth-order valence-corrected chi connectivity index (χ4v) is 3.73. The van der Waals surface area contributed by atoms with Gasteiger partial charge in [0, 0.05) is 11.6 Å². The monoisotopic (exact) mass is 434 g/mol. The van der Waals surface area contributed by atoms with Crippen molar-refractivity contribution < 1.29 is 28.7 Å². The number of hydrogen-bond donors (Lipinski definition) is 1. The van der Waals surface area contributed by atoms with Gasteiger partial charge in [-0.2, -0.15) is 0 Å². The van der Waals surface area contributed by atoms with Crippen LogP contribution in [0.15, 0.2) is 64.7 Å². The molecule has 3 aromatic rings. The van der Waals surface area contributed by atoms with E-state index in [0.29, 0.717) is 35.0 Å². The van der Waals surface area contributed by atoms with Crippen LogP contribution in [0.25, 0.3) is 5.76 Å². The molecule has 0 saturated carbocycles. The Kier molecular flexibility index (Phi) is 5.68. The molecule has 164 valence electrons. The lowest BCUT2D eigenvalue weighted by Gasteiger charge is -2.23. The molecule has 1 fully saturated rings. The van der Waals surface area contributed by atoms with Crippen molar-refractivity contribution in [2.45, 2.75) is 19.9 Å². The maximum absolute atomic E-state index is 13.1. The number of hydrogen-bond acceptors (Lipinski definition) is 7. The zero-order valence-corrected chi connectivity index (χ0v) is 17.9. The highest BCUT2D eigenvalue weighted by Crippen LogP contribution is 2.43. The van der Waals surface area contributed by atoms with E-state index < -0.39 is 17.7 Å². The van der Waals surface area contributed by atoms with Gasteiger partial charge in [0.15, 0.2) is 17.3 Å². The second-order valence-corrected chi connectivity index (χ2v) is 7.17. The second-order valence-electron chi connectivity index (χ2n) is 7.17. The van der Waals surface area contributed by atoms with Gasteiger partial charge in [0.2, 0.25) is 0 Å². The molecule has 2 heterocycles. The Hall–Kier alpha value is -4.07. The van der Waals surface area contributed by atoms with Gasteiger partial charge < -0.3 is 19.1 Å². The van der Waals surface area contributed by atoms with Crippen molar-refractivity contribution >= 4 is 23.3 Å². The molecule has 0 unspecified atom stereocenters. The standard InChI is InChI=1S/C24H22N2O6/c1-4-31-17-11-10-16(13-18(17)30-3)21-20(22(27)15-8-6-5-7-9-15)23(28)24(29)26(21)19-12-14(2)32-25-19/h5-13,21,27H,4H2,1-3H3/b22-20+/t21-/m1/s1. The normalized spacial score (nSPS) is 17.6. The number of aromatic nitrogens is 1. The quantitative estimate of drug-likeness (QED) is 0.355. The van der Waals surface area contributed by atoms with Gasteiger partial charge in [-0.15, -0.1) is 0 Å². The molecule has 2 aromatic carbocycles. The van der Waals surface area contributed by atoms with E-state index in [4.69, 9.17) is 14.0 Å². The summed E-state index contributed by atoms with van der Waals surface area (Å²) >= 11 is 0. The summed E-state index contributed by atoms with van der Waals surface area (Å²) in [5.74, 6) is -0.285. The van der Waals surface area contributed by atoms with E-state index in [1.54, 1.807) is 61.5 Å². The van der Waals surface area contributed by atoms with Gasteiger partial charge in [0.05, 0.1) is 25.3 Å². The molecule has 8 nitrogen and oxygen atoms in total. The molecule has 1 N–H and O–H groups in total. The lowest BCUT2D eigenvalue weighted by molar-refractivity contribution is -0.132. The van der Waals surface area contributed by atoms with Gasteiger partial charge in [0.25, 0.3) is 5.78 Å². The molecule has 1 aliphatic rings. The summed E-state index contributed by atoms with van der Waals surface area (Å²) in [6.45, 7) is 3.99. The Labute approximate surface area is 184 Å².